The van der Waals surface area contributed by atoms with Gasteiger partial charge in [0.25, 0.3) is 0 Å². The number of Topliss-reactive ketones (excluding diaryl/α,β-unsaturated/α-hetero) is 1. The van der Waals surface area contributed by atoms with Gasteiger partial charge in [-0.05, 0) is 89.9 Å². The van der Waals surface area contributed by atoms with Gasteiger partial charge < -0.3 is 40.7 Å². The molecule has 0 aromatic heterocycles. The zero-order chi connectivity index (χ0) is 37.4. The molecule has 1 spiro atoms. The van der Waals surface area contributed by atoms with Crippen LogP contribution in [0.15, 0.2) is 65.1 Å². The smallest absolute Gasteiger partial charge is 0.187 e. The van der Waals surface area contributed by atoms with Gasteiger partial charge in [-0.1, -0.05) is 62.1 Å². The number of allylic oxidation sites excluding steroid dienone is 1. The van der Waals surface area contributed by atoms with Crippen LogP contribution in [0.3, 0.4) is 0 Å². The Balaban J connectivity index is 1.14. The zero-order valence-corrected chi connectivity index (χ0v) is 30.7. The molecule has 5 aliphatic heterocycles. The van der Waals surface area contributed by atoms with Crippen molar-refractivity contribution in [3.05, 3.63) is 87.9 Å². The highest BCUT2D eigenvalue weighted by Crippen LogP contribution is 2.49. The SMILES string of the molecule is CCC[C@H](O)C[C@@H](O)CC(=O)CCc1ccc2c(c1)O[C@H]1[C@H](C#C[C@H](O)c3ccc4c(c3CC3=CN=C5CN1C=C35)C=CN[C@@H]4N)C1(C#CO2)CCCC1. The van der Waals surface area contributed by atoms with E-state index in [-0.39, 0.29) is 31.2 Å². The minimum absolute atomic E-state index is 0.00954. The predicted molar refractivity (Wildman–Crippen MR) is 205 cm³/mol. The molecule has 0 saturated heterocycles. The van der Waals surface area contributed by atoms with Gasteiger partial charge in [0.05, 0.1) is 35.8 Å². The monoisotopic (exact) mass is 728 g/mol. The summed E-state index contributed by atoms with van der Waals surface area (Å²) < 4.78 is 13.2. The molecule has 1 aliphatic carbocycles. The number of nitrogens with zero attached hydrogens (tertiary/aromatic N) is 2. The van der Waals surface area contributed by atoms with Crippen LogP contribution in [0.1, 0.15) is 105 Å². The summed E-state index contributed by atoms with van der Waals surface area (Å²) in [7, 11) is 0. The van der Waals surface area contributed by atoms with Crippen LogP contribution in [-0.2, 0) is 17.6 Å². The van der Waals surface area contributed by atoms with Crippen LogP contribution < -0.4 is 20.5 Å². The maximum absolute atomic E-state index is 12.9. The van der Waals surface area contributed by atoms with E-state index in [4.69, 9.17) is 20.2 Å². The fraction of sp³-hybridized carbons (Fsp3) is 0.455. The molecule has 6 atom stereocenters. The Labute approximate surface area is 316 Å². The summed E-state index contributed by atoms with van der Waals surface area (Å²) in [5.74, 6) is 10.8. The lowest BCUT2D eigenvalue weighted by molar-refractivity contribution is -0.121. The van der Waals surface area contributed by atoms with Crippen LogP contribution in [0, 0.1) is 35.2 Å². The molecule has 0 amide bonds. The number of fused-ring (bicyclic) bond motifs is 8. The molecule has 2 aromatic carbocycles. The Morgan fingerprint density at radius 1 is 1.13 bits per heavy atom. The van der Waals surface area contributed by atoms with E-state index in [0.29, 0.717) is 37.3 Å². The van der Waals surface area contributed by atoms with Gasteiger partial charge in [0.15, 0.2) is 17.7 Å². The van der Waals surface area contributed by atoms with E-state index in [1.165, 1.54) is 0 Å². The first-order chi connectivity index (χ1) is 26.2. The highest BCUT2D eigenvalue weighted by atomic mass is 16.5. The predicted octanol–water partition coefficient (Wildman–Crippen LogP) is 5.09. The number of benzene rings is 2. The van der Waals surface area contributed by atoms with Crippen molar-refractivity contribution < 1.29 is 29.6 Å². The molecule has 6 N–H and O–H groups in total. The number of rotatable bonds is 9. The normalized spacial score (nSPS) is 25.1. The van der Waals surface area contributed by atoms with E-state index in [0.717, 1.165) is 76.8 Å². The number of ether oxygens (including phenoxy) is 2. The fourth-order valence-corrected chi connectivity index (χ4v) is 8.86. The number of aliphatic hydroxyl groups excluding tert-OH is 3. The third kappa shape index (κ3) is 7.08. The lowest BCUT2D eigenvalue weighted by Crippen LogP contribution is -2.47. The van der Waals surface area contributed by atoms with Gasteiger partial charge in [-0.15, -0.1) is 0 Å². The van der Waals surface area contributed by atoms with Crippen LogP contribution >= 0.6 is 0 Å². The van der Waals surface area contributed by atoms with Crippen molar-refractivity contribution in [1.82, 2.24) is 10.2 Å². The summed E-state index contributed by atoms with van der Waals surface area (Å²) >= 11 is 0. The Kier molecular flexibility index (Phi) is 10.1. The maximum Gasteiger partial charge on any atom is 0.187 e. The van der Waals surface area contributed by atoms with Crippen LogP contribution in [-0.4, -0.2) is 56.7 Å². The first-order valence-electron chi connectivity index (χ1n) is 19.3. The van der Waals surface area contributed by atoms with Gasteiger partial charge in [0, 0.05) is 37.2 Å². The summed E-state index contributed by atoms with van der Waals surface area (Å²) in [5.41, 5.74) is 13.5. The quantitative estimate of drug-likeness (QED) is 0.223. The van der Waals surface area contributed by atoms with Crippen LogP contribution in [0.25, 0.3) is 6.08 Å². The molecule has 2 bridgehead atoms. The molecule has 1 saturated carbocycles. The van der Waals surface area contributed by atoms with Crippen LogP contribution in [0.2, 0.25) is 0 Å². The lowest BCUT2D eigenvalue weighted by atomic mass is 9.73. The second-order valence-corrected chi connectivity index (χ2v) is 15.5. The van der Waals surface area contributed by atoms with E-state index in [9.17, 15) is 20.1 Å². The average molecular weight is 729 g/mol. The number of aliphatic hydroxyl groups is 3. The van der Waals surface area contributed by atoms with Crippen LogP contribution in [0.5, 0.6) is 11.5 Å². The summed E-state index contributed by atoms with van der Waals surface area (Å²) in [5, 5.41) is 35.5. The molecule has 2 aromatic rings. The number of nitrogens with two attached hydrogens (primary N) is 1. The van der Waals surface area contributed by atoms with Gasteiger partial charge in [-0.25, -0.2) is 0 Å². The second-order valence-electron chi connectivity index (χ2n) is 15.5. The average Bonchev–Trinajstić information content (AvgIpc) is 3.89. The fourth-order valence-electron chi connectivity index (χ4n) is 8.86. The van der Waals surface area contributed by atoms with E-state index >= 15 is 0 Å². The van der Waals surface area contributed by atoms with Crippen molar-refractivity contribution in [3.8, 4) is 35.4 Å². The third-order valence-corrected chi connectivity index (χ3v) is 11.7. The maximum atomic E-state index is 12.9. The number of aliphatic imine (C=N–C) groups is 1. The first kappa shape index (κ1) is 36.2. The summed E-state index contributed by atoms with van der Waals surface area (Å²) in [6.07, 6.45) is 14.0. The Morgan fingerprint density at radius 2 is 1.96 bits per heavy atom. The van der Waals surface area contributed by atoms with Crippen molar-refractivity contribution in [2.24, 2.45) is 22.1 Å². The van der Waals surface area contributed by atoms with E-state index in [1.54, 1.807) is 0 Å². The molecule has 1 fully saturated rings. The molecule has 6 aliphatic rings. The topological polar surface area (TPSA) is 150 Å². The number of carbonyl (C=O) groups excluding carboxylic acids is 1. The second kappa shape index (κ2) is 15.1. The first-order valence-corrected chi connectivity index (χ1v) is 19.3. The van der Waals surface area contributed by atoms with Gasteiger partial charge in [0.2, 0.25) is 0 Å². The standard InChI is InChI=1S/C44H48N4O6/c1-2-5-29(49)22-31(51)23-30(50)8-6-27-7-13-40-41(20-27)54-43-37(44(17-19-53-40)15-3-4-16-44)11-12-39(52)33-9-10-34-32(14-18-46-42(34)45)35(33)21-28-24-47-38-26-48(43)25-36(28)38/h7,9-10,13-14,18,20,24-25,29,31,37,39,42-43,46,49,51-52H,2-6,8,15-16,21-23,26,45H2,1H3/t29-,31+,37-,39-,42-,43-/m0/s1. The third-order valence-electron chi connectivity index (χ3n) is 11.7. The number of hydrogen-bond acceptors (Lipinski definition) is 10. The highest BCUT2D eigenvalue weighted by Gasteiger charge is 2.48. The van der Waals surface area contributed by atoms with Gasteiger partial charge in [0.1, 0.15) is 24.2 Å². The molecular weight excluding hydrogens is 681 g/mol. The van der Waals surface area contributed by atoms with Gasteiger partial charge >= 0.3 is 0 Å². The zero-order valence-electron chi connectivity index (χ0n) is 30.7. The van der Waals surface area contributed by atoms with Gasteiger partial charge in [-0.2, -0.15) is 0 Å². The molecule has 5 heterocycles. The van der Waals surface area contributed by atoms with Crippen LogP contribution in [0.4, 0.5) is 0 Å². The molecule has 54 heavy (non-hydrogen) atoms. The number of carbonyl (C=O) groups is 1. The Bertz CT molecular complexity index is 2070. The molecule has 0 radical (unpaired) electrons. The number of ketones is 1. The molecule has 10 heteroatoms. The van der Waals surface area contributed by atoms with E-state index < -0.39 is 35.9 Å². The van der Waals surface area contributed by atoms with Crippen molar-refractivity contribution in [2.45, 2.75) is 108 Å². The molecule has 8 rings (SSSR count). The molecule has 0 unspecified atom stereocenters. The molecular formula is C44H48N4O6. The van der Waals surface area contributed by atoms with Crippen molar-refractivity contribution in [3.63, 3.8) is 0 Å². The summed E-state index contributed by atoms with van der Waals surface area (Å²) in [6.45, 7) is 2.50. The Hall–Kier alpha value is -4.84. The van der Waals surface area contributed by atoms with Crippen molar-refractivity contribution >= 4 is 17.6 Å². The van der Waals surface area contributed by atoms with E-state index in [1.807, 2.05) is 55.7 Å². The Morgan fingerprint density at radius 3 is 2.80 bits per heavy atom. The molecule has 280 valence electrons. The van der Waals surface area contributed by atoms with E-state index in [2.05, 4.69) is 40.3 Å². The number of hydrogen-bond donors (Lipinski definition) is 5. The van der Waals surface area contributed by atoms with Gasteiger partial charge in [-0.3, -0.25) is 9.79 Å². The van der Waals surface area contributed by atoms with Crippen molar-refractivity contribution in [2.75, 3.05) is 6.54 Å². The largest absolute Gasteiger partial charge is 0.465 e. The highest BCUT2D eigenvalue weighted by molar-refractivity contribution is 6.09. The number of nitrogens with one attached hydrogen (secondary N) is 1. The van der Waals surface area contributed by atoms with Crippen molar-refractivity contribution in [1.29, 1.82) is 0 Å². The minimum Gasteiger partial charge on any atom is -0.465 e. The summed E-state index contributed by atoms with van der Waals surface area (Å²) in [4.78, 5) is 19.9. The molecule has 10 nitrogen and oxygen atoms in total. The lowest BCUT2D eigenvalue weighted by Gasteiger charge is -2.39. The summed E-state index contributed by atoms with van der Waals surface area (Å²) in [6, 6.07) is 9.58. The number of aryl methyl sites for hydroxylation is 1. The minimum atomic E-state index is -1.06.